The van der Waals surface area contributed by atoms with Crippen molar-refractivity contribution < 1.29 is 4.79 Å². The van der Waals surface area contributed by atoms with Crippen LogP contribution in [-0.4, -0.2) is 32.2 Å². The third kappa shape index (κ3) is 3.14. The van der Waals surface area contributed by atoms with Crippen molar-refractivity contribution in [3.8, 4) is 11.8 Å². The molecule has 7 nitrogen and oxygen atoms in total. The molecule has 96 valence electrons. The lowest BCUT2D eigenvalue weighted by Crippen LogP contribution is -2.15. The molecule has 2 rings (SSSR count). The summed E-state index contributed by atoms with van der Waals surface area (Å²) in [5.74, 6) is 5.57. The minimum atomic E-state index is -0.319. The first-order valence-corrected chi connectivity index (χ1v) is 5.50. The van der Waals surface area contributed by atoms with Crippen LogP contribution < -0.4 is 11.1 Å². The molecule has 0 atom stereocenters. The molecule has 0 unspecified atom stereocenters. The van der Waals surface area contributed by atoms with Gasteiger partial charge in [0, 0.05) is 25.0 Å². The van der Waals surface area contributed by atoms with Crippen LogP contribution in [0.25, 0.3) is 0 Å². The Balaban J connectivity index is 2.17. The van der Waals surface area contributed by atoms with E-state index in [1.54, 1.807) is 19.3 Å². The van der Waals surface area contributed by atoms with Crippen LogP contribution >= 0.6 is 0 Å². The van der Waals surface area contributed by atoms with Crippen molar-refractivity contribution in [2.75, 3.05) is 11.9 Å². The molecular weight excluding hydrogens is 244 g/mol. The molecule has 0 aromatic carbocycles. The summed E-state index contributed by atoms with van der Waals surface area (Å²) in [6.07, 6.45) is 4.39. The molecule has 0 aliphatic rings. The maximum absolute atomic E-state index is 12.0. The monoisotopic (exact) mass is 256 g/mol. The Labute approximate surface area is 109 Å². The van der Waals surface area contributed by atoms with E-state index in [1.807, 2.05) is 0 Å². The number of nitrogens with two attached hydrogens (primary N) is 1. The zero-order valence-electron chi connectivity index (χ0n) is 10.3. The molecule has 7 heteroatoms. The highest BCUT2D eigenvalue weighted by atomic mass is 16.1. The van der Waals surface area contributed by atoms with Crippen LogP contribution in [0.4, 0.5) is 5.95 Å². The highest BCUT2D eigenvalue weighted by Crippen LogP contribution is 2.05. The molecule has 2 aromatic heterocycles. The predicted molar refractivity (Wildman–Crippen MR) is 69.1 cm³/mol. The first-order chi connectivity index (χ1) is 9.20. The molecule has 19 heavy (non-hydrogen) atoms. The Morgan fingerprint density at radius 1 is 1.53 bits per heavy atom. The fourth-order valence-corrected chi connectivity index (χ4v) is 1.37. The van der Waals surface area contributed by atoms with Gasteiger partial charge in [-0.15, -0.1) is 0 Å². The summed E-state index contributed by atoms with van der Waals surface area (Å²) in [5.41, 5.74) is 6.32. The van der Waals surface area contributed by atoms with Gasteiger partial charge in [-0.3, -0.25) is 15.1 Å². The summed E-state index contributed by atoms with van der Waals surface area (Å²) in [6.45, 7) is 0.259. The second kappa shape index (κ2) is 5.75. The molecule has 0 bridgehead atoms. The highest BCUT2D eigenvalue weighted by molar-refractivity contribution is 6.03. The number of aryl methyl sites for hydroxylation is 1. The van der Waals surface area contributed by atoms with E-state index in [4.69, 9.17) is 5.73 Å². The minimum absolute atomic E-state index is 0.259. The van der Waals surface area contributed by atoms with Crippen LogP contribution in [0.15, 0.2) is 24.8 Å². The summed E-state index contributed by atoms with van der Waals surface area (Å²) in [4.78, 5) is 19.9. The average molecular weight is 256 g/mol. The number of carbonyl (C=O) groups is 1. The number of nitrogens with one attached hydrogen (secondary N) is 1. The van der Waals surface area contributed by atoms with Gasteiger partial charge in [0.05, 0.1) is 12.1 Å². The van der Waals surface area contributed by atoms with Crippen LogP contribution in [0, 0.1) is 11.8 Å². The molecule has 0 fully saturated rings. The number of aromatic nitrogens is 4. The number of nitrogens with zero attached hydrogens (tertiary/aromatic N) is 4. The van der Waals surface area contributed by atoms with Crippen molar-refractivity contribution in [2.24, 2.45) is 12.8 Å². The van der Waals surface area contributed by atoms with Gasteiger partial charge in [0.15, 0.2) is 0 Å². The zero-order valence-corrected chi connectivity index (χ0v) is 10.3. The number of amides is 1. The van der Waals surface area contributed by atoms with Crippen molar-refractivity contribution >= 4 is 11.9 Å². The maximum atomic E-state index is 12.0. The lowest BCUT2D eigenvalue weighted by atomic mass is 10.2. The smallest absolute Gasteiger partial charge is 0.259 e. The van der Waals surface area contributed by atoms with Crippen molar-refractivity contribution in [3.63, 3.8) is 0 Å². The van der Waals surface area contributed by atoms with Gasteiger partial charge >= 0.3 is 0 Å². The van der Waals surface area contributed by atoms with Gasteiger partial charge in [-0.2, -0.15) is 10.1 Å². The Morgan fingerprint density at radius 3 is 3.05 bits per heavy atom. The van der Waals surface area contributed by atoms with Crippen LogP contribution in [0.5, 0.6) is 0 Å². The van der Waals surface area contributed by atoms with E-state index in [-0.39, 0.29) is 12.5 Å². The van der Waals surface area contributed by atoms with Gasteiger partial charge < -0.3 is 5.73 Å². The van der Waals surface area contributed by atoms with Gasteiger partial charge in [-0.05, 0) is 6.07 Å². The molecule has 2 aromatic rings. The van der Waals surface area contributed by atoms with Crippen LogP contribution in [0.1, 0.15) is 15.9 Å². The highest BCUT2D eigenvalue weighted by Gasteiger charge is 2.09. The molecule has 0 spiro atoms. The average Bonchev–Trinajstić information content (AvgIpc) is 2.82. The van der Waals surface area contributed by atoms with E-state index in [9.17, 15) is 4.79 Å². The topological polar surface area (TPSA) is 98.7 Å². The first-order valence-electron chi connectivity index (χ1n) is 5.50. The Morgan fingerprint density at radius 2 is 2.37 bits per heavy atom. The first kappa shape index (κ1) is 12.7. The van der Waals surface area contributed by atoms with E-state index in [0.717, 1.165) is 0 Å². The van der Waals surface area contributed by atoms with Gasteiger partial charge in [0.1, 0.15) is 6.33 Å². The van der Waals surface area contributed by atoms with Crippen LogP contribution in [0.3, 0.4) is 0 Å². The van der Waals surface area contributed by atoms with Gasteiger partial charge in [0.25, 0.3) is 5.91 Å². The fourth-order valence-electron chi connectivity index (χ4n) is 1.37. The number of carbonyl (C=O) groups excluding carboxylic acids is 1. The molecule has 0 saturated heterocycles. The van der Waals surface area contributed by atoms with Gasteiger partial charge in [0.2, 0.25) is 5.95 Å². The predicted octanol–water partition coefficient (Wildman–Crippen LogP) is -0.227. The van der Waals surface area contributed by atoms with Gasteiger partial charge in [-0.1, -0.05) is 11.8 Å². The Kier molecular flexibility index (Phi) is 3.85. The van der Waals surface area contributed by atoms with E-state index < -0.39 is 0 Å². The van der Waals surface area contributed by atoms with E-state index >= 15 is 0 Å². The molecule has 1 amide bonds. The lowest BCUT2D eigenvalue weighted by Gasteiger charge is -2.03. The second-order valence-electron chi connectivity index (χ2n) is 3.63. The maximum Gasteiger partial charge on any atom is 0.259 e. The molecule has 0 aliphatic heterocycles. The third-order valence-corrected chi connectivity index (χ3v) is 2.27. The van der Waals surface area contributed by atoms with Crippen LogP contribution in [0.2, 0.25) is 0 Å². The van der Waals surface area contributed by atoms with E-state index in [1.165, 1.54) is 17.2 Å². The molecule has 2 heterocycles. The van der Waals surface area contributed by atoms with Crippen LogP contribution in [-0.2, 0) is 7.05 Å². The number of hydrogen-bond donors (Lipinski definition) is 2. The number of rotatable bonds is 2. The molecule has 3 N–H and O–H groups in total. The number of hydrogen-bond acceptors (Lipinski definition) is 5. The SMILES string of the molecule is Cn1ncnc1NC(=O)c1cncc(C#CCN)c1. The Bertz CT molecular complexity index is 651. The van der Waals surface area contributed by atoms with E-state index in [0.29, 0.717) is 17.1 Å². The van der Waals surface area contributed by atoms with Gasteiger partial charge in [-0.25, -0.2) is 4.68 Å². The second-order valence-corrected chi connectivity index (χ2v) is 3.63. The summed E-state index contributed by atoms with van der Waals surface area (Å²) in [6, 6.07) is 1.64. The lowest BCUT2D eigenvalue weighted by molar-refractivity contribution is 0.102. The summed E-state index contributed by atoms with van der Waals surface area (Å²) >= 11 is 0. The van der Waals surface area contributed by atoms with Crippen molar-refractivity contribution in [1.82, 2.24) is 19.7 Å². The number of pyridine rings is 1. The minimum Gasteiger partial charge on any atom is -0.320 e. The van der Waals surface area contributed by atoms with Crippen molar-refractivity contribution in [3.05, 3.63) is 35.9 Å². The third-order valence-electron chi connectivity index (χ3n) is 2.27. The van der Waals surface area contributed by atoms with Crippen molar-refractivity contribution in [1.29, 1.82) is 0 Å². The van der Waals surface area contributed by atoms with E-state index in [2.05, 4.69) is 32.2 Å². The summed E-state index contributed by atoms with van der Waals surface area (Å²) < 4.78 is 1.46. The standard InChI is InChI=1S/C12H12N6O/c1-18-12(15-8-16-18)17-11(19)10-5-9(3-2-4-13)6-14-7-10/h5-8H,4,13H2,1H3,(H,15,16,17,19). The fraction of sp³-hybridized carbons (Fsp3) is 0.167. The Hall–Kier alpha value is -2.72. The molecule has 0 saturated carbocycles. The zero-order chi connectivity index (χ0) is 13.7. The molecule has 0 radical (unpaired) electrons. The molecular formula is C12H12N6O. The number of anilines is 1. The largest absolute Gasteiger partial charge is 0.320 e. The summed E-state index contributed by atoms with van der Waals surface area (Å²) in [7, 11) is 1.68. The normalized spacial score (nSPS) is 9.58. The molecule has 0 aliphatic carbocycles. The quantitative estimate of drug-likeness (QED) is 0.723. The summed E-state index contributed by atoms with van der Waals surface area (Å²) in [5, 5.41) is 6.49. The van der Waals surface area contributed by atoms with Crippen molar-refractivity contribution in [2.45, 2.75) is 0 Å².